The molecule has 23 heavy (non-hydrogen) atoms. The average Bonchev–Trinajstić information content (AvgIpc) is 2.60. The summed E-state index contributed by atoms with van der Waals surface area (Å²) >= 11 is 0. The first-order chi connectivity index (χ1) is 11.2. The molecule has 2 rings (SSSR count). The largest absolute Gasteiger partial charge is 0.420 e. The smallest absolute Gasteiger partial charge is 0.343 e. The lowest BCUT2D eigenvalue weighted by atomic mass is 10.2. The number of hydrogen-bond donors (Lipinski definition) is 0. The van der Waals surface area contributed by atoms with Gasteiger partial charge in [0.15, 0.2) is 11.5 Å². The molecule has 0 aliphatic rings. The lowest BCUT2D eigenvalue weighted by molar-refractivity contribution is -0.119. The van der Waals surface area contributed by atoms with Crippen LogP contribution in [0.4, 0.5) is 0 Å². The summed E-state index contributed by atoms with van der Waals surface area (Å²) in [4.78, 5) is 23.7. The highest BCUT2D eigenvalue weighted by molar-refractivity contribution is 5.98. The molecule has 2 aromatic rings. The van der Waals surface area contributed by atoms with Gasteiger partial charge in [0.25, 0.3) is 0 Å². The Kier molecular flexibility index (Phi) is 6.27. The van der Waals surface area contributed by atoms with Gasteiger partial charge >= 0.3 is 5.97 Å². The fourth-order valence-corrected chi connectivity index (χ4v) is 1.87. The van der Waals surface area contributed by atoms with Crippen LogP contribution in [0, 0.1) is 0 Å². The predicted octanol–water partition coefficient (Wildman–Crippen LogP) is 3.53. The maximum Gasteiger partial charge on any atom is 0.343 e. The number of rotatable bonds is 8. The molecule has 0 atom stereocenters. The Labute approximate surface area is 135 Å². The van der Waals surface area contributed by atoms with Crippen LogP contribution < -0.4 is 0 Å². The van der Waals surface area contributed by atoms with Crippen LogP contribution in [0.2, 0.25) is 0 Å². The van der Waals surface area contributed by atoms with Crippen LogP contribution in [-0.2, 0) is 20.9 Å². The number of hydrogen-bond acceptors (Lipinski definition) is 4. The van der Waals surface area contributed by atoms with E-state index in [1.54, 1.807) is 30.3 Å². The molecular formula is C19H18O4. The summed E-state index contributed by atoms with van der Waals surface area (Å²) in [5.74, 6) is -1.10. The van der Waals surface area contributed by atoms with Crippen LogP contribution in [0.1, 0.15) is 22.3 Å². The molecule has 4 nitrogen and oxygen atoms in total. The summed E-state index contributed by atoms with van der Waals surface area (Å²) < 4.78 is 10.4. The van der Waals surface area contributed by atoms with Crippen molar-refractivity contribution in [3.05, 3.63) is 84.1 Å². The molecule has 0 aliphatic carbocycles. The molecule has 0 aromatic heterocycles. The van der Waals surface area contributed by atoms with Crippen molar-refractivity contribution < 1.29 is 19.1 Å². The first-order valence-electron chi connectivity index (χ1n) is 7.28. The van der Waals surface area contributed by atoms with Crippen molar-refractivity contribution in [1.29, 1.82) is 0 Å². The molecule has 0 radical (unpaired) electrons. The first-order valence-corrected chi connectivity index (χ1v) is 7.28. The van der Waals surface area contributed by atoms with Gasteiger partial charge in [-0.3, -0.25) is 4.79 Å². The summed E-state index contributed by atoms with van der Waals surface area (Å²) in [6, 6.07) is 18.1. The van der Waals surface area contributed by atoms with Crippen LogP contribution in [0.15, 0.2) is 73.0 Å². The molecule has 0 amide bonds. The van der Waals surface area contributed by atoms with Gasteiger partial charge in [0, 0.05) is 6.42 Å². The van der Waals surface area contributed by atoms with Crippen LogP contribution in [0.5, 0.6) is 0 Å². The Morgan fingerprint density at radius 1 is 0.913 bits per heavy atom. The van der Waals surface area contributed by atoms with E-state index in [9.17, 15) is 9.59 Å². The Balaban J connectivity index is 1.71. The molecule has 0 unspecified atom stereocenters. The van der Waals surface area contributed by atoms with Crippen molar-refractivity contribution in [3.8, 4) is 0 Å². The van der Waals surface area contributed by atoms with Gasteiger partial charge < -0.3 is 9.47 Å². The maximum atomic E-state index is 11.9. The van der Waals surface area contributed by atoms with Crippen molar-refractivity contribution in [3.63, 3.8) is 0 Å². The van der Waals surface area contributed by atoms with E-state index in [0.29, 0.717) is 12.2 Å². The third-order valence-electron chi connectivity index (χ3n) is 3.12. The summed E-state index contributed by atoms with van der Waals surface area (Å²) in [5.41, 5.74) is 1.41. The zero-order chi connectivity index (χ0) is 16.5. The van der Waals surface area contributed by atoms with Gasteiger partial charge in [0.05, 0.1) is 18.8 Å². The van der Waals surface area contributed by atoms with Crippen molar-refractivity contribution in [2.45, 2.75) is 13.0 Å². The molecule has 0 heterocycles. The highest BCUT2D eigenvalue weighted by Gasteiger charge is 2.14. The molecule has 2 aromatic carbocycles. The standard InChI is InChI=1S/C19H18O4/c1-15(23-19(21)17-10-6-3-7-11-17)18(20)12-13-22-14-16-8-4-2-5-9-16/h2-11H,1,12-14H2. The highest BCUT2D eigenvalue weighted by Crippen LogP contribution is 2.08. The molecule has 0 spiro atoms. The molecular weight excluding hydrogens is 292 g/mol. The van der Waals surface area contributed by atoms with Gasteiger partial charge in [-0.05, 0) is 17.7 Å². The number of carbonyl (C=O) groups excluding carboxylic acids is 2. The topological polar surface area (TPSA) is 52.6 Å². The molecule has 118 valence electrons. The number of benzene rings is 2. The van der Waals surface area contributed by atoms with E-state index in [1.807, 2.05) is 30.3 Å². The average molecular weight is 310 g/mol. The quantitative estimate of drug-likeness (QED) is 0.324. The van der Waals surface area contributed by atoms with Gasteiger partial charge in [-0.2, -0.15) is 0 Å². The highest BCUT2D eigenvalue weighted by atomic mass is 16.5. The minimum Gasteiger partial charge on any atom is -0.420 e. The normalized spacial score (nSPS) is 10.1. The number of Topliss-reactive ketones (excluding diaryl/α,β-unsaturated/α-hetero) is 1. The van der Waals surface area contributed by atoms with E-state index in [2.05, 4.69) is 6.58 Å². The summed E-state index contributed by atoms with van der Waals surface area (Å²) in [6.45, 7) is 4.19. The minimum absolute atomic E-state index is 0.119. The molecule has 0 N–H and O–H groups in total. The Morgan fingerprint density at radius 2 is 1.52 bits per heavy atom. The monoisotopic (exact) mass is 310 g/mol. The molecule has 4 heteroatoms. The Bertz CT molecular complexity index is 662. The van der Waals surface area contributed by atoms with E-state index in [0.717, 1.165) is 5.56 Å². The van der Waals surface area contributed by atoms with Gasteiger partial charge in [-0.25, -0.2) is 4.79 Å². The van der Waals surface area contributed by atoms with Crippen molar-refractivity contribution >= 4 is 11.8 Å². The molecule has 0 bridgehead atoms. The predicted molar refractivity (Wildman–Crippen MR) is 86.7 cm³/mol. The van der Waals surface area contributed by atoms with Crippen LogP contribution in [0.3, 0.4) is 0 Å². The molecule has 0 aliphatic heterocycles. The van der Waals surface area contributed by atoms with Gasteiger partial charge in [0.2, 0.25) is 0 Å². The lowest BCUT2D eigenvalue weighted by Crippen LogP contribution is -2.13. The molecule has 0 saturated heterocycles. The van der Waals surface area contributed by atoms with E-state index in [-0.39, 0.29) is 24.6 Å². The number of allylic oxidation sites excluding steroid dienone is 1. The van der Waals surface area contributed by atoms with Crippen LogP contribution in [-0.4, -0.2) is 18.4 Å². The third-order valence-corrected chi connectivity index (χ3v) is 3.12. The van der Waals surface area contributed by atoms with E-state index in [1.165, 1.54) is 0 Å². The fraction of sp³-hybridized carbons (Fsp3) is 0.158. The second-order valence-electron chi connectivity index (χ2n) is 4.89. The van der Waals surface area contributed by atoms with Gasteiger partial charge in [0.1, 0.15) is 0 Å². The maximum absolute atomic E-state index is 11.9. The zero-order valence-corrected chi connectivity index (χ0v) is 12.7. The van der Waals surface area contributed by atoms with Crippen molar-refractivity contribution in [1.82, 2.24) is 0 Å². The number of ether oxygens (including phenoxy) is 2. The van der Waals surface area contributed by atoms with E-state index < -0.39 is 5.97 Å². The number of carbonyl (C=O) groups is 2. The van der Waals surface area contributed by atoms with Crippen LogP contribution in [0.25, 0.3) is 0 Å². The lowest BCUT2D eigenvalue weighted by Gasteiger charge is -2.07. The minimum atomic E-state index is -0.589. The second kappa shape index (κ2) is 8.66. The summed E-state index contributed by atoms with van der Waals surface area (Å²) in [6.07, 6.45) is 0.119. The SMILES string of the molecule is C=C(OC(=O)c1ccccc1)C(=O)CCOCc1ccccc1. The van der Waals surface area contributed by atoms with Crippen molar-refractivity contribution in [2.75, 3.05) is 6.61 Å². The number of esters is 1. The third kappa shape index (κ3) is 5.52. The Morgan fingerprint density at radius 3 is 2.17 bits per heavy atom. The first kappa shape index (κ1) is 16.6. The second-order valence-corrected chi connectivity index (χ2v) is 4.89. The van der Waals surface area contributed by atoms with Crippen molar-refractivity contribution in [2.24, 2.45) is 0 Å². The fourth-order valence-electron chi connectivity index (χ4n) is 1.87. The molecule has 0 saturated carbocycles. The molecule has 0 fully saturated rings. The summed E-state index contributed by atoms with van der Waals surface area (Å²) in [5, 5.41) is 0. The number of ketones is 1. The van der Waals surface area contributed by atoms with E-state index >= 15 is 0 Å². The van der Waals surface area contributed by atoms with Gasteiger partial charge in [-0.1, -0.05) is 55.1 Å². The van der Waals surface area contributed by atoms with Crippen LogP contribution >= 0.6 is 0 Å². The van der Waals surface area contributed by atoms with Gasteiger partial charge in [-0.15, -0.1) is 0 Å². The van der Waals surface area contributed by atoms with E-state index in [4.69, 9.17) is 9.47 Å². The zero-order valence-electron chi connectivity index (χ0n) is 12.7. The summed E-state index contributed by atoms with van der Waals surface area (Å²) in [7, 11) is 0. The Hall–Kier alpha value is -2.72.